The van der Waals surface area contributed by atoms with Crippen molar-refractivity contribution in [3.8, 4) is 5.75 Å². The van der Waals surface area contributed by atoms with Crippen LogP contribution in [0.2, 0.25) is 0 Å². The van der Waals surface area contributed by atoms with Crippen LogP contribution in [0.1, 0.15) is 41.9 Å². The fourth-order valence-corrected chi connectivity index (χ4v) is 5.54. The zero-order valence-corrected chi connectivity index (χ0v) is 24.5. The first-order valence-corrected chi connectivity index (χ1v) is 14.4. The average Bonchev–Trinajstić information content (AvgIpc) is 3.03. The van der Waals surface area contributed by atoms with Crippen LogP contribution in [0.5, 0.6) is 5.75 Å². The van der Waals surface area contributed by atoms with E-state index in [1.165, 1.54) is 4.57 Å². The first-order chi connectivity index (χ1) is 20.4. The van der Waals surface area contributed by atoms with Gasteiger partial charge in [-0.3, -0.25) is 19.3 Å². The van der Waals surface area contributed by atoms with Crippen molar-refractivity contribution in [1.29, 1.82) is 0 Å². The molecule has 4 aromatic rings. The topological polar surface area (TPSA) is 88.0 Å². The summed E-state index contributed by atoms with van der Waals surface area (Å²) >= 11 is 0. The smallest absolute Gasteiger partial charge is 0.282 e. The highest BCUT2D eigenvalue weighted by Gasteiger charge is 2.26. The fraction of sp³-hybridized carbons (Fsp3) is 0.333. The summed E-state index contributed by atoms with van der Waals surface area (Å²) in [5.74, 6) is 0.348. The Hall–Kier alpha value is -4.50. The molecular weight excluding hydrogens is 530 g/mol. The predicted octanol–water partition coefficient (Wildman–Crippen LogP) is 4.23. The number of rotatable bonds is 5. The van der Waals surface area contributed by atoms with Gasteiger partial charge in [0.05, 0.1) is 17.6 Å². The van der Waals surface area contributed by atoms with E-state index in [1.54, 1.807) is 29.8 Å². The maximum absolute atomic E-state index is 14.1. The molecule has 0 saturated heterocycles. The van der Waals surface area contributed by atoms with E-state index in [2.05, 4.69) is 16.0 Å². The quantitative estimate of drug-likeness (QED) is 0.359. The fourth-order valence-electron chi connectivity index (χ4n) is 5.54. The van der Waals surface area contributed by atoms with Gasteiger partial charge in [0.15, 0.2) is 5.69 Å². The molecule has 42 heavy (non-hydrogen) atoms. The van der Waals surface area contributed by atoms with Crippen LogP contribution >= 0.6 is 0 Å². The van der Waals surface area contributed by atoms with Gasteiger partial charge in [-0.25, -0.2) is 4.98 Å². The summed E-state index contributed by atoms with van der Waals surface area (Å²) in [6, 6.07) is 22.9. The van der Waals surface area contributed by atoms with Crippen molar-refractivity contribution in [1.82, 2.24) is 19.4 Å². The molecule has 0 radical (unpaired) electrons. The number of nitrogens with zero attached hydrogens (tertiary/aromatic N) is 5. The molecule has 0 N–H and O–H groups in total. The molecule has 9 heteroatoms. The van der Waals surface area contributed by atoms with Gasteiger partial charge in [-0.15, -0.1) is 0 Å². The number of carbonyl (C=O) groups excluding carboxylic acids is 2. The first-order valence-electron chi connectivity index (χ1n) is 14.4. The molecule has 0 atom stereocenters. The van der Waals surface area contributed by atoms with Gasteiger partial charge in [-0.1, -0.05) is 48.5 Å². The van der Waals surface area contributed by atoms with Gasteiger partial charge < -0.3 is 19.1 Å². The highest BCUT2D eigenvalue weighted by atomic mass is 16.5. The Morgan fingerprint density at radius 3 is 2.45 bits per heavy atom. The van der Waals surface area contributed by atoms with E-state index in [0.29, 0.717) is 50.4 Å². The van der Waals surface area contributed by atoms with Crippen molar-refractivity contribution in [3.05, 3.63) is 100.0 Å². The molecule has 0 unspecified atom stereocenters. The van der Waals surface area contributed by atoms with E-state index < -0.39 is 11.5 Å². The van der Waals surface area contributed by atoms with Gasteiger partial charge in [-0.2, -0.15) is 0 Å². The van der Waals surface area contributed by atoms with E-state index in [9.17, 15) is 14.4 Å². The monoisotopic (exact) mass is 567 g/mol. The Morgan fingerprint density at radius 1 is 0.905 bits per heavy atom. The molecule has 9 nitrogen and oxygen atoms in total. The minimum atomic E-state index is -0.436. The third-order valence-electron chi connectivity index (χ3n) is 7.70. The summed E-state index contributed by atoms with van der Waals surface area (Å²) in [6.45, 7) is 7.18. The molecule has 0 aliphatic carbocycles. The van der Waals surface area contributed by atoms with Crippen LogP contribution in [0.15, 0.2) is 77.6 Å². The van der Waals surface area contributed by atoms with Crippen molar-refractivity contribution in [2.75, 3.05) is 37.7 Å². The summed E-state index contributed by atoms with van der Waals surface area (Å²) in [5.41, 5.74) is 3.38. The normalized spacial score (nSPS) is 14.7. The highest BCUT2D eigenvalue weighted by Crippen LogP contribution is 2.25. The summed E-state index contributed by atoms with van der Waals surface area (Å²) in [7, 11) is 1.66. The first kappa shape index (κ1) is 29.0. The molecule has 1 aromatic heterocycles. The van der Waals surface area contributed by atoms with Crippen LogP contribution in [-0.4, -0.2) is 64.0 Å². The van der Waals surface area contributed by atoms with Gasteiger partial charge in [0.25, 0.3) is 11.5 Å². The number of benzene rings is 3. The molecular formula is C33H37N5O4. The molecule has 3 aromatic carbocycles. The van der Waals surface area contributed by atoms with Gasteiger partial charge in [0, 0.05) is 64.5 Å². The number of hydrogen-bond acceptors (Lipinski definition) is 6. The van der Waals surface area contributed by atoms with Crippen LogP contribution in [-0.2, 0) is 24.9 Å². The predicted molar refractivity (Wildman–Crippen MR) is 164 cm³/mol. The van der Waals surface area contributed by atoms with Crippen molar-refractivity contribution < 1.29 is 14.3 Å². The van der Waals surface area contributed by atoms with Crippen LogP contribution in [0.4, 0.5) is 5.69 Å². The summed E-state index contributed by atoms with van der Waals surface area (Å²) < 4.78 is 7.35. The number of anilines is 1. The van der Waals surface area contributed by atoms with Crippen LogP contribution in [0, 0.1) is 0 Å². The van der Waals surface area contributed by atoms with Gasteiger partial charge in [0.2, 0.25) is 5.91 Å². The molecule has 0 spiro atoms. The number of ether oxygens (including phenoxy) is 1. The third kappa shape index (κ3) is 6.21. The number of carbonyl (C=O) groups is 2. The lowest BCUT2D eigenvalue weighted by Crippen LogP contribution is -2.41. The Kier molecular flexibility index (Phi) is 8.97. The second-order valence-electron chi connectivity index (χ2n) is 10.5. The molecule has 2 heterocycles. The van der Waals surface area contributed by atoms with E-state index >= 15 is 0 Å². The number of amides is 2. The van der Waals surface area contributed by atoms with Crippen molar-refractivity contribution in [2.24, 2.45) is 7.05 Å². The lowest BCUT2D eigenvalue weighted by atomic mass is 10.1. The van der Waals surface area contributed by atoms with Crippen molar-refractivity contribution in [2.45, 2.75) is 33.4 Å². The van der Waals surface area contributed by atoms with E-state index in [4.69, 9.17) is 4.74 Å². The van der Waals surface area contributed by atoms with Crippen LogP contribution in [0.3, 0.4) is 0 Å². The van der Waals surface area contributed by atoms with Crippen LogP contribution < -0.4 is 15.2 Å². The Morgan fingerprint density at radius 2 is 1.64 bits per heavy atom. The average molecular weight is 568 g/mol. The Labute approximate surface area is 245 Å². The maximum atomic E-state index is 14.1. The molecule has 1 aliphatic heterocycles. The highest BCUT2D eigenvalue weighted by molar-refractivity contribution is 5.95. The Balaban J connectivity index is 1.53. The molecule has 2 amide bonds. The minimum Gasteiger partial charge on any atom is -0.494 e. The summed E-state index contributed by atoms with van der Waals surface area (Å²) in [4.78, 5) is 50.6. The second kappa shape index (κ2) is 13.0. The van der Waals surface area contributed by atoms with E-state index in [0.717, 1.165) is 29.0 Å². The summed E-state index contributed by atoms with van der Waals surface area (Å²) in [6.07, 6.45) is 0.755. The molecule has 0 bridgehead atoms. The van der Waals surface area contributed by atoms with Crippen molar-refractivity contribution in [3.63, 3.8) is 0 Å². The number of hydrogen-bond donors (Lipinski definition) is 0. The number of para-hydroxylation sites is 4. The van der Waals surface area contributed by atoms with Crippen molar-refractivity contribution >= 4 is 28.5 Å². The number of fused-ring (bicyclic) bond motifs is 2. The maximum Gasteiger partial charge on any atom is 0.282 e. The zero-order chi connectivity index (χ0) is 29.6. The van der Waals surface area contributed by atoms with Crippen LogP contribution in [0.25, 0.3) is 11.0 Å². The third-order valence-corrected chi connectivity index (χ3v) is 7.70. The summed E-state index contributed by atoms with van der Waals surface area (Å²) in [5, 5.41) is 0. The van der Waals surface area contributed by atoms with Gasteiger partial charge in [-0.05, 0) is 43.2 Å². The molecule has 0 fully saturated rings. The van der Waals surface area contributed by atoms with Gasteiger partial charge >= 0.3 is 0 Å². The number of aryl methyl sites for hydroxylation is 1. The minimum absolute atomic E-state index is 0.0575. The second-order valence-corrected chi connectivity index (χ2v) is 10.5. The Bertz CT molecular complexity index is 1650. The number of aromatic nitrogens is 2. The standard InChI is InChI=1S/C33H37N5O4/c1-4-42-30-17-10-6-13-26(30)22-36-18-11-19-38(24(2)39)28-15-8-5-12-25(28)23-37(21-20-36)33(41)31-32(40)35(3)29-16-9-7-14-27(29)34-31/h5-10,12-17H,4,11,18-23H2,1-3H3. The SMILES string of the molecule is CCOc1ccccc1CN1CCCN(C(C)=O)c2ccccc2CN(C(=O)c2nc3ccccc3n(C)c2=O)CC1. The largest absolute Gasteiger partial charge is 0.494 e. The molecule has 0 saturated carbocycles. The van der Waals surface area contributed by atoms with Gasteiger partial charge in [0.1, 0.15) is 5.75 Å². The lowest BCUT2D eigenvalue weighted by Gasteiger charge is -2.28. The molecule has 1 aliphatic rings. The van der Waals surface area contributed by atoms with E-state index in [-0.39, 0.29) is 18.1 Å². The zero-order valence-electron chi connectivity index (χ0n) is 24.5. The lowest BCUT2D eigenvalue weighted by molar-refractivity contribution is -0.116. The van der Waals surface area contributed by atoms with E-state index in [1.807, 2.05) is 67.6 Å². The molecule has 218 valence electrons. The molecule has 5 rings (SSSR count).